The number of aromatic hydroxyl groups is 1. The van der Waals surface area contributed by atoms with Gasteiger partial charge in [-0.15, -0.1) is 0 Å². The van der Waals surface area contributed by atoms with Crippen LogP contribution in [0.1, 0.15) is 70.1 Å². The minimum absolute atomic E-state index is 0.132. The summed E-state index contributed by atoms with van der Waals surface area (Å²) in [5, 5.41) is 10.7. The van der Waals surface area contributed by atoms with E-state index < -0.39 is 0 Å². The SMILES string of the molecule is C=C1CC[C@]2(C)[C@H]3Cc4cc(C)cc(O)c4[C@]3(C)CC[C@H]2C1(C)C. The molecule has 0 amide bonds. The quantitative estimate of drug-likeness (QED) is 0.587. The topological polar surface area (TPSA) is 20.2 Å². The van der Waals surface area contributed by atoms with Crippen molar-refractivity contribution in [2.75, 3.05) is 0 Å². The Morgan fingerprint density at radius 2 is 1.79 bits per heavy atom. The van der Waals surface area contributed by atoms with Crippen molar-refractivity contribution >= 4 is 0 Å². The van der Waals surface area contributed by atoms with Crippen molar-refractivity contribution in [2.45, 2.75) is 72.1 Å². The third-order valence-electron chi connectivity index (χ3n) is 8.40. The standard InChI is InChI=1S/C23H32O/c1-14-11-16-13-19-22(5)9-7-15(2)21(3,4)18(22)8-10-23(19,6)20(16)17(24)12-14/h11-12,18-19,24H,2,7-10,13H2,1,3-6H3/t18-,19+,22-,23+/m0/s1. The lowest BCUT2D eigenvalue weighted by atomic mass is 9.43. The smallest absolute Gasteiger partial charge is 0.119 e. The number of hydrogen-bond acceptors (Lipinski definition) is 1. The summed E-state index contributed by atoms with van der Waals surface area (Å²) in [5.74, 6) is 1.89. The molecule has 4 rings (SSSR count). The van der Waals surface area contributed by atoms with Crippen molar-refractivity contribution in [1.82, 2.24) is 0 Å². The molecule has 3 aliphatic carbocycles. The lowest BCUT2D eigenvalue weighted by Crippen LogP contribution is -2.55. The second-order valence-electron chi connectivity index (χ2n) is 9.91. The number of phenols is 1. The van der Waals surface area contributed by atoms with Crippen LogP contribution in [0.15, 0.2) is 24.3 Å². The predicted molar refractivity (Wildman–Crippen MR) is 100 cm³/mol. The molecule has 0 heterocycles. The highest BCUT2D eigenvalue weighted by Crippen LogP contribution is 2.69. The van der Waals surface area contributed by atoms with E-state index in [9.17, 15) is 5.11 Å². The predicted octanol–water partition coefficient (Wildman–Crippen LogP) is 5.92. The molecule has 2 saturated carbocycles. The first-order valence-electron chi connectivity index (χ1n) is 9.62. The monoisotopic (exact) mass is 324 g/mol. The normalized spacial score (nSPS) is 40.0. The van der Waals surface area contributed by atoms with Gasteiger partial charge in [-0.05, 0) is 78.9 Å². The van der Waals surface area contributed by atoms with Gasteiger partial charge in [0.25, 0.3) is 0 Å². The third-order valence-corrected chi connectivity index (χ3v) is 8.40. The molecular formula is C23H32O. The molecule has 0 aliphatic heterocycles. The Labute approximate surface area is 147 Å². The van der Waals surface area contributed by atoms with Gasteiger partial charge in [0.05, 0.1) is 0 Å². The van der Waals surface area contributed by atoms with Crippen LogP contribution in [-0.4, -0.2) is 5.11 Å². The van der Waals surface area contributed by atoms with Crippen molar-refractivity contribution in [3.63, 3.8) is 0 Å². The van der Waals surface area contributed by atoms with E-state index in [-0.39, 0.29) is 10.8 Å². The highest BCUT2D eigenvalue weighted by molar-refractivity contribution is 5.52. The van der Waals surface area contributed by atoms with E-state index >= 15 is 0 Å². The zero-order valence-corrected chi connectivity index (χ0v) is 16.0. The zero-order valence-electron chi connectivity index (χ0n) is 16.0. The van der Waals surface area contributed by atoms with Gasteiger partial charge in [0.2, 0.25) is 0 Å². The Kier molecular flexibility index (Phi) is 3.17. The summed E-state index contributed by atoms with van der Waals surface area (Å²) in [6, 6.07) is 4.29. The van der Waals surface area contributed by atoms with Crippen LogP contribution in [0.4, 0.5) is 0 Å². The Morgan fingerprint density at radius 1 is 1.08 bits per heavy atom. The van der Waals surface area contributed by atoms with Crippen LogP contribution in [0, 0.1) is 29.6 Å². The fourth-order valence-electron chi connectivity index (χ4n) is 7.08. The summed E-state index contributed by atoms with van der Waals surface area (Å²) in [6.07, 6.45) is 6.00. The lowest BCUT2D eigenvalue weighted by molar-refractivity contribution is -0.0759. The molecule has 0 saturated heterocycles. The van der Waals surface area contributed by atoms with Crippen molar-refractivity contribution in [3.8, 4) is 5.75 Å². The second kappa shape index (κ2) is 4.68. The van der Waals surface area contributed by atoms with E-state index in [4.69, 9.17) is 0 Å². The average molecular weight is 325 g/mol. The minimum atomic E-state index is 0.132. The minimum Gasteiger partial charge on any atom is -0.508 e. The maximum atomic E-state index is 10.7. The first-order valence-corrected chi connectivity index (χ1v) is 9.62. The average Bonchev–Trinajstić information content (AvgIpc) is 2.77. The van der Waals surface area contributed by atoms with E-state index in [2.05, 4.69) is 47.3 Å². The number of hydrogen-bond donors (Lipinski definition) is 1. The van der Waals surface area contributed by atoms with Crippen molar-refractivity contribution < 1.29 is 5.11 Å². The van der Waals surface area contributed by atoms with Gasteiger partial charge in [0, 0.05) is 11.0 Å². The van der Waals surface area contributed by atoms with Crippen LogP contribution in [0.2, 0.25) is 0 Å². The van der Waals surface area contributed by atoms with E-state index in [1.165, 1.54) is 41.5 Å². The molecule has 0 bridgehead atoms. The van der Waals surface area contributed by atoms with E-state index in [0.717, 1.165) is 12.8 Å². The van der Waals surface area contributed by atoms with Gasteiger partial charge >= 0.3 is 0 Å². The summed E-state index contributed by atoms with van der Waals surface area (Å²) in [5.41, 5.74) is 6.02. The zero-order chi connectivity index (χ0) is 17.5. The second-order valence-corrected chi connectivity index (χ2v) is 9.91. The molecule has 3 aliphatic rings. The van der Waals surface area contributed by atoms with Crippen LogP contribution in [0.5, 0.6) is 5.75 Å². The summed E-state index contributed by atoms with van der Waals surface area (Å²) < 4.78 is 0. The fraction of sp³-hybridized carbons (Fsp3) is 0.652. The van der Waals surface area contributed by atoms with Gasteiger partial charge in [-0.1, -0.05) is 45.9 Å². The molecule has 24 heavy (non-hydrogen) atoms. The highest BCUT2D eigenvalue weighted by Gasteiger charge is 2.62. The molecule has 1 aromatic rings. The number of fused-ring (bicyclic) bond motifs is 5. The Bertz CT molecular complexity index is 728. The van der Waals surface area contributed by atoms with Gasteiger partial charge in [-0.2, -0.15) is 0 Å². The van der Waals surface area contributed by atoms with Gasteiger partial charge in [0.15, 0.2) is 0 Å². The van der Waals surface area contributed by atoms with E-state index in [1.54, 1.807) is 0 Å². The Hall–Kier alpha value is -1.24. The summed E-state index contributed by atoms with van der Waals surface area (Å²) >= 11 is 0. The van der Waals surface area contributed by atoms with Crippen molar-refractivity contribution in [3.05, 3.63) is 41.0 Å². The van der Waals surface area contributed by atoms with Crippen LogP contribution in [0.25, 0.3) is 0 Å². The number of rotatable bonds is 0. The highest BCUT2D eigenvalue weighted by atomic mass is 16.3. The van der Waals surface area contributed by atoms with Gasteiger partial charge in [-0.3, -0.25) is 0 Å². The molecule has 130 valence electrons. The maximum Gasteiger partial charge on any atom is 0.119 e. The third kappa shape index (κ3) is 1.82. The molecule has 1 aromatic carbocycles. The van der Waals surface area contributed by atoms with Crippen molar-refractivity contribution in [2.24, 2.45) is 22.7 Å². The van der Waals surface area contributed by atoms with Crippen molar-refractivity contribution in [1.29, 1.82) is 0 Å². The first kappa shape index (κ1) is 16.2. The summed E-state index contributed by atoms with van der Waals surface area (Å²) in [7, 11) is 0. The molecule has 0 radical (unpaired) electrons. The first-order chi connectivity index (χ1) is 11.1. The Balaban J connectivity index is 1.84. The number of allylic oxidation sites excluding steroid dienone is 1. The molecule has 0 aromatic heterocycles. The molecule has 4 atom stereocenters. The molecular weight excluding hydrogens is 292 g/mol. The molecule has 0 unspecified atom stereocenters. The molecule has 1 heteroatoms. The van der Waals surface area contributed by atoms with E-state index in [0.29, 0.717) is 23.0 Å². The maximum absolute atomic E-state index is 10.7. The summed E-state index contributed by atoms with van der Waals surface area (Å²) in [4.78, 5) is 0. The van der Waals surface area contributed by atoms with Crippen LogP contribution >= 0.6 is 0 Å². The number of benzene rings is 1. The molecule has 2 fully saturated rings. The van der Waals surface area contributed by atoms with Gasteiger partial charge < -0.3 is 5.11 Å². The lowest BCUT2D eigenvalue weighted by Gasteiger charge is -2.61. The molecule has 0 spiro atoms. The fourth-order valence-corrected chi connectivity index (χ4v) is 7.08. The largest absolute Gasteiger partial charge is 0.508 e. The summed E-state index contributed by atoms with van der Waals surface area (Å²) in [6.45, 7) is 16.3. The Morgan fingerprint density at radius 3 is 2.50 bits per heavy atom. The van der Waals surface area contributed by atoms with Crippen LogP contribution in [0.3, 0.4) is 0 Å². The molecule has 1 N–H and O–H groups in total. The number of phenolic OH excluding ortho intramolecular Hbond substituents is 1. The van der Waals surface area contributed by atoms with Crippen LogP contribution < -0.4 is 0 Å². The molecule has 1 nitrogen and oxygen atoms in total. The van der Waals surface area contributed by atoms with E-state index in [1.807, 2.05) is 6.07 Å². The van der Waals surface area contributed by atoms with Gasteiger partial charge in [-0.25, -0.2) is 0 Å². The number of aryl methyl sites for hydroxylation is 1. The van der Waals surface area contributed by atoms with Crippen LogP contribution in [-0.2, 0) is 11.8 Å². The van der Waals surface area contributed by atoms with Gasteiger partial charge in [0.1, 0.15) is 5.75 Å².